The Labute approximate surface area is 521 Å². The molecule has 0 aliphatic rings. The van der Waals surface area contributed by atoms with E-state index in [2.05, 4.69) is 31.9 Å². The molecule has 23 nitrogen and oxygen atoms in total. The van der Waals surface area contributed by atoms with Crippen LogP contribution in [0, 0.1) is 17.0 Å². The van der Waals surface area contributed by atoms with E-state index in [4.69, 9.17) is 19.9 Å². The van der Waals surface area contributed by atoms with Crippen LogP contribution in [0.4, 0.5) is 13.6 Å². The lowest BCUT2D eigenvalue weighted by Gasteiger charge is -2.41. The van der Waals surface area contributed by atoms with Crippen molar-refractivity contribution in [2.75, 3.05) is 19.7 Å². The summed E-state index contributed by atoms with van der Waals surface area (Å²) in [6.45, 7) is 10.9. The van der Waals surface area contributed by atoms with Gasteiger partial charge in [-0.2, -0.15) is 0 Å². The number of nitrogens with two attached hydrogens (primary N) is 1. The molecule has 8 amide bonds. The fourth-order valence-electron chi connectivity index (χ4n) is 9.41. The van der Waals surface area contributed by atoms with Crippen LogP contribution in [0.1, 0.15) is 116 Å². The van der Waals surface area contributed by atoms with Crippen LogP contribution in [0.2, 0.25) is 0 Å². The van der Waals surface area contributed by atoms with Crippen LogP contribution in [-0.2, 0) is 77.1 Å². The number of hydrogen-bond acceptors (Lipinski definition) is 14. The molecule has 0 radical (unpaired) electrons. The summed E-state index contributed by atoms with van der Waals surface area (Å²) >= 11 is 0. The van der Waals surface area contributed by atoms with Crippen molar-refractivity contribution in [2.45, 2.75) is 149 Å². The number of nitrogens with one attached hydrogen (secondary N) is 6. The second kappa shape index (κ2) is 33.7. The largest absolute Gasteiger partial charge is 0.461 e. The normalized spacial score (nSPS) is 13.3. The van der Waals surface area contributed by atoms with Gasteiger partial charge in [-0.05, 0) is 93.8 Å². The highest BCUT2D eigenvalue weighted by Gasteiger charge is 2.39. The number of aliphatic hydroxyl groups excluding tert-OH is 1. The van der Waals surface area contributed by atoms with E-state index in [1.54, 1.807) is 119 Å². The Morgan fingerprint density at radius 3 is 1.78 bits per heavy atom. The third-order valence-electron chi connectivity index (χ3n) is 13.8. The number of aromatic nitrogens is 1. The molecule has 0 spiro atoms. The van der Waals surface area contributed by atoms with E-state index < -0.39 is 157 Å². The van der Waals surface area contributed by atoms with Gasteiger partial charge < -0.3 is 66.4 Å². The van der Waals surface area contributed by atoms with Gasteiger partial charge >= 0.3 is 18.0 Å². The molecule has 6 atom stereocenters. The molecule has 0 aliphatic carbocycles. The van der Waals surface area contributed by atoms with Gasteiger partial charge in [-0.15, -0.1) is 0 Å². The highest BCUT2D eigenvalue weighted by atomic mass is 19.1. The predicted molar refractivity (Wildman–Crippen MR) is 326 cm³/mol. The maximum atomic E-state index is 15.5. The van der Waals surface area contributed by atoms with E-state index >= 15 is 4.39 Å². The minimum absolute atomic E-state index is 0.0377. The van der Waals surface area contributed by atoms with Crippen molar-refractivity contribution in [3.63, 3.8) is 0 Å². The first-order chi connectivity index (χ1) is 42.5. The number of esters is 2. The van der Waals surface area contributed by atoms with Crippen LogP contribution in [0.25, 0.3) is 11.1 Å². The van der Waals surface area contributed by atoms with Crippen LogP contribution >= 0.6 is 0 Å². The summed E-state index contributed by atoms with van der Waals surface area (Å²) in [7, 11) is 0. The molecular formula is C65H81F2N9O14. The van der Waals surface area contributed by atoms with E-state index in [0.29, 0.717) is 11.3 Å². The minimum atomic E-state index is -1.80. The van der Waals surface area contributed by atoms with Crippen molar-refractivity contribution in [1.82, 2.24) is 41.4 Å². The topological polar surface area (TPSA) is 325 Å². The van der Waals surface area contributed by atoms with E-state index in [-0.39, 0.29) is 43.7 Å². The summed E-state index contributed by atoms with van der Waals surface area (Å²) in [6.07, 6.45) is -1.63. The number of benzene rings is 4. The minimum Gasteiger partial charge on any atom is -0.461 e. The summed E-state index contributed by atoms with van der Waals surface area (Å²) in [6, 6.07) is 22.8. The molecule has 0 saturated carbocycles. The fraction of sp³-hybridized carbons (Fsp3) is 0.415. The highest BCUT2D eigenvalue weighted by molar-refractivity contribution is 5.97. The van der Waals surface area contributed by atoms with Gasteiger partial charge in [-0.25, -0.2) is 18.4 Å². The maximum Gasteiger partial charge on any atom is 0.408 e. The molecule has 90 heavy (non-hydrogen) atoms. The second-order valence-electron chi connectivity index (χ2n) is 23.5. The van der Waals surface area contributed by atoms with Crippen molar-refractivity contribution in [3.05, 3.63) is 155 Å². The van der Waals surface area contributed by atoms with E-state index in [9.17, 15) is 57.4 Å². The van der Waals surface area contributed by atoms with Crippen LogP contribution in [-0.4, -0.2) is 129 Å². The van der Waals surface area contributed by atoms with Crippen LogP contribution in [0.15, 0.2) is 121 Å². The lowest BCUT2D eigenvalue weighted by atomic mass is 9.82. The van der Waals surface area contributed by atoms with Crippen LogP contribution in [0.5, 0.6) is 0 Å². The number of nitrogens with zero attached hydrogens (tertiary/aromatic N) is 2. The molecule has 0 unspecified atom stereocenters. The number of carbonyl (C=O) groups excluding carboxylic acids is 10. The summed E-state index contributed by atoms with van der Waals surface area (Å²) in [5.41, 5.74) is 6.45. The third kappa shape index (κ3) is 23.2. The number of halogens is 2. The molecule has 4 aromatic carbocycles. The zero-order chi connectivity index (χ0) is 66.3. The first-order valence-corrected chi connectivity index (χ1v) is 29.3. The van der Waals surface area contributed by atoms with E-state index in [1.165, 1.54) is 18.7 Å². The van der Waals surface area contributed by atoms with Crippen LogP contribution < -0.4 is 37.6 Å². The van der Waals surface area contributed by atoms with Crippen LogP contribution in [0.3, 0.4) is 0 Å². The zero-order valence-electron chi connectivity index (χ0n) is 51.8. The molecule has 0 bridgehead atoms. The SMILES string of the molecule is C[C@H](NC(=O)OC(C)(C)C)C(=O)N[C@@H](C)C(=O)N[C@@H](CC(N)=O)C(=O)N[C@@H](CCN(C(=O)CO)[C@@H](c1cc(-c2cc(F)ccc2F)cn1Cc1ccccc1)C(C)(C)C)C(=O)NCCC(=O)N[C@H](CCC(=O)OCc1ccccc1)C(=O)OCc1ccccc1. The third-order valence-corrected chi connectivity index (χ3v) is 13.8. The lowest BCUT2D eigenvalue weighted by Crippen LogP contribution is -2.58. The van der Waals surface area contributed by atoms with Gasteiger partial charge in [0.1, 0.15) is 67.3 Å². The van der Waals surface area contributed by atoms with Crippen molar-refractivity contribution < 1.29 is 76.0 Å². The summed E-state index contributed by atoms with van der Waals surface area (Å²) < 4.78 is 48.1. The fourth-order valence-corrected chi connectivity index (χ4v) is 9.41. The number of ether oxygens (including phenoxy) is 3. The Kier molecular flexibility index (Phi) is 26.7. The first kappa shape index (κ1) is 71.2. The lowest BCUT2D eigenvalue weighted by molar-refractivity contribution is -0.150. The van der Waals surface area contributed by atoms with E-state index in [1.807, 2.05) is 30.3 Å². The average Bonchev–Trinajstić information content (AvgIpc) is 1.58. The molecule has 1 aromatic heterocycles. The van der Waals surface area contributed by atoms with Crippen molar-refractivity contribution in [3.8, 4) is 11.1 Å². The molecule has 25 heteroatoms. The Bertz CT molecular complexity index is 3280. The molecule has 5 aromatic rings. The number of hydrogen-bond donors (Lipinski definition) is 8. The molecule has 0 fully saturated rings. The average molecular weight is 1250 g/mol. The zero-order valence-corrected chi connectivity index (χ0v) is 51.8. The number of aliphatic hydroxyl groups is 1. The summed E-state index contributed by atoms with van der Waals surface area (Å²) in [5.74, 6) is -9.63. The van der Waals surface area contributed by atoms with Gasteiger partial charge in [0.15, 0.2) is 0 Å². The van der Waals surface area contributed by atoms with Gasteiger partial charge in [-0.3, -0.25) is 38.4 Å². The quantitative estimate of drug-likeness (QED) is 0.0206. The number of amides is 8. The maximum absolute atomic E-state index is 15.5. The van der Waals surface area contributed by atoms with Gasteiger partial charge in [0.25, 0.3) is 0 Å². The number of rotatable bonds is 31. The van der Waals surface area contributed by atoms with Gasteiger partial charge in [0, 0.05) is 55.5 Å². The van der Waals surface area contributed by atoms with Gasteiger partial charge in [0.2, 0.25) is 41.4 Å². The molecule has 1 heterocycles. The molecule has 484 valence electrons. The molecule has 9 N–H and O–H groups in total. The summed E-state index contributed by atoms with van der Waals surface area (Å²) in [4.78, 5) is 136. The Morgan fingerprint density at radius 2 is 1.20 bits per heavy atom. The monoisotopic (exact) mass is 1250 g/mol. The highest BCUT2D eigenvalue weighted by Crippen LogP contribution is 2.41. The van der Waals surface area contributed by atoms with Crippen molar-refractivity contribution in [1.29, 1.82) is 0 Å². The Balaban J connectivity index is 1.44. The molecule has 0 saturated heterocycles. The number of primary amides is 1. The number of alkyl carbamates (subject to hydrolysis) is 1. The van der Waals surface area contributed by atoms with E-state index in [0.717, 1.165) is 29.3 Å². The summed E-state index contributed by atoms with van der Waals surface area (Å²) in [5, 5.41) is 25.4. The first-order valence-electron chi connectivity index (χ1n) is 29.3. The van der Waals surface area contributed by atoms with Crippen molar-refractivity contribution in [2.24, 2.45) is 11.1 Å². The molecular weight excluding hydrogens is 1170 g/mol. The Hall–Kier alpha value is -9.52. The smallest absolute Gasteiger partial charge is 0.408 e. The van der Waals surface area contributed by atoms with Gasteiger partial charge in [0.05, 0.1) is 12.5 Å². The molecule has 5 rings (SSSR count). The predicted octanol–water partition coefficient (Wildman–Crippen LogP) is 5.30. The van der Waals surface area contributed by atoms with Crippen molar-refractivity contribution >= 4 is 59.4 Å². The number of carbonyl (C=O) groups is 10. The molecule has 0 aliphatic heterocycles. The second-order valence-corrected chi connectivity index (χ2v) is 23.5. The Morgan fingerprint density at radius 1 is 0.633 bits per heavy atom. The standard InChI is InChI=1S/C65H81F2N9O14/c1-40(70-58(82)41(2)71-63(87)90-65(6,7)8)59(83)74-51(34-53(68)78)61(85)73-49(60(84)69-30-28-54(79)72-50(62(86)89-39-44-22-16-11-17-23-44)26-27-56(81)88-38-43-20-14-10-15-21-43)29-31-76(55(80)37-77)57(64(3,4)5)52-32-45(47-33-46(66)24-25-48(47)67)36-75(52)35-42-18-12-9-13-19-42/h9-25,32-33,36,40-41,49-51,57,77H,26-31,34-35,37-39H2,1-8H3,(H2,68,78)(H,69,84)(H,70,82)(H,71,87)(H,72,79)(H,73,85)(H,74,83)/t40-,41-,49-,50+,51-,57-/m0/s1. The van der Waals surface area contributed by atoms with Gasteiger partial charge in [-0.1, -0.05) is 112 Å².